The Morgan fingerprint density at radius 2 is 1.84 bits per heavy atom. The molecule has 0 aliphatic rings. The van der Waals surface area contributed by atoms with Gasteiger partial charge in [0.15, 0.2) is 0 Å². The molecule has 3 heterocycles. The van der Waals surface area contributed by atoms with Gasteiger partial charge in [-0.05, 0) is 51.3 Å². The average molecular weight is 583 g/mol. The van der Waals surface area contributed by atoms with E-state index in [-0.39, 0.29) is 27.8 Å². The Kier molecular flexibility index (Phi) is 7.76. The first-order valence-electron chi connectivity index (χ1n) is 11.0. The van der Waals surface area contributed by atoms with Crippen LogP contribution in [0, 0.1) is 5.82 Å². The molecule has 1 unspecified atom stereocenters. The Labute approximate surface area is 215 Å². The van der Waals surface area contributed by atoms with Crippen molar-refractivity contribution in [3.05, 3.63) is 80.6 Å². The molecule has 1 atom stereocenters. The highest BCUT2D eigenvalue weighted by Crippen LogP contribution is 2.35. The summed E-state index contributed by atoms with van der Waals surface area (Å²) < 4.78 is 67.5. The lowest BCUT2D eigenvalue weighted by Crippen LogP contribution is -2.23. The normalized spacial score (nSPS) is 12.5. The van der Waals surface area contributed by atoms with Gasteiger partial charge in [-0.2, -0.15) is 0 Å². The van der Waals surface area contributed by atoms with Crippen LogP contribution in [0.4, 0.5) is 27.8 Å². The number of amides is 1. The van der Waals surface area contributed by atoms with Crippen molar-refractivity contribution in [2.75, 3.05) is 5.32 Å². The minimum Gasteiger partial charge on any atom is -0.353 e. The molecule has 194 valence electrons. The van der Waals surface area contributed by atoms with Crippen LogP contribution in [0.1, 0.15) is 23.5 Å². The summed E-state index contributed by atoms with van der Waals surface area (Å²) in [6.45, 7) is 0. The van der Waals surface area contributed by atoms with Crippen molar-refractivity contribution in [2.24, 2.45) is 7.05 Å². The Hall–Kier alpha value is -3.54. The first-order chi connectivity index (χ1) is 17.5. The largest absolute Gasteiger partial charge is 0.353 e. The van der Waals surface area contributed by atoms with Crippen molar-refractivity contribution >= 4 is 38.6 Å². The summed E-state index contributed by atoms with van der Waals surface area (Å²) in [6, 6.07) is 7.73. The van der Waals surface area contributed by atoms with Gasteiger partial charge >= 0.3 is 0 Å². The third kappa shape index (κ3) is 5.74. The lowest BCUT2D eigenvalue weighted by molar-refractivity contribution is -0.118. The molecule has 12 heteroatoms. The van der Waals surface area contributed by atoms with Gasteiger partial charge in [-0.3, -0.25) is 9.59 Å². The molecule has 0 saturated heterocycles. The molecule has 2 N–H and O–H groups in total. The van der Waals surface area contributed by atoms with Gasteiger partial charge in [0.1, 0.15) is 11.6 Å². The molecule has 37 heavy (non-hydrogen) atoms. The number of anilines is 1. The number of carbonyl (C=O) groups excluding carboxylic acids is 1. The predicted octanol–water partition coefficient (Wildman–Crippen LogP) is 6.02. The third-order valence-electron chi connectivity index (χ3n) is 5.82. The van der Waals surface area contributed by atoms with Gasteiger partial charge in [0.05, 0.1) is 27.0 Å². The fraction of sp³-hybridized carbons (Fsp3) is 0.240. The number of halogens is 6. The van der Waals surface area contributed by atoms with E-state index in [1.54, 1.807) is 6.07 Å². The highest BCUT2D eigenvalue weighted by Gasteiger charge is 2.26. The van der Waals surface area contributed by atoms with Crippen LogP contribution in [0.25, 0.3) is 22.2 Å². The second-order valence-electron chi connectivity index (χ2n) is 8.38. The molecule has 0 fully saturated rings. The summed E-state index contributed by atoms with van der Waals surface area (Å²) in [5.41, 5.74) is 1.15. The summed E-state index contributed by atoms with van der Waals surface area (Å²) in [5.74, 6) is -2.55. The van der Waals surface area contributed by atoms with Crippen LogP contribution in [0.3, 0.4) is 0 Å². The standard InChI is InChI=1S/C25H20BrF5N4O2/c1-35-11-14(8-17(28)29)22-20(25(35)37)21(26)23(34-22)13-6-7-32-19(9-13)33-24(36)16(10-18(30)31)12-2-4-15(27)5-3-12/h2-7,9,11,16-18,34H,8,10H2,1H3,(H,32,33,36). The number of H-pyrrole nitrogens is 1. The smallest absolute Gasteiger partial charge is 0.260 e. The van der Waals surface area contributed by atoms with E-state index in [1.165, 1.54) is 42.2 Å². The maximum atomic E-state index is 13.3. The van der Waals surface area contributed by atoms with Crippen LogP contribution in [0.5, 0.6) is 0 Å². The molecule has 0 radical (unpaired) electrons. The molecule has 6 nitrogen and oxygen atoms in total. The minimum absolute atomic E-state index is 0.0372. The molecule has 1 aromatic carbocycles. The lowest BCUT2D eigenvalue weighted by Gasteiger charge is -2.17. The maximum Gasteiger partial charge on any atom is 0.260 e. The molecule has 1 amide bonds. The molecule has 0 bridgehead atoms. The molecule has 3 aromatic heterocycles. The number of carbonyl (C=O) groups is 1. The Bertz CT molecular complexity index is 1500. The Morgan fingerprint density at radius 1 is 1.14 bits per heavy atom. The third-order valence-corrected chi connectivity index (χ3v) is 6.61. The number of hydrogen-bond donors (Lipinski definition) is 2. The van der Waals surface area contributed by atoms with Crippen molar-refractivity contribution in [2.45, 2.75) is 31.6 Å². The number of nitrogens with one attached hydrogen (secondary N) is 2. The van der Waals surface area contributed by atoms with Crippen LogP contribution in [0.2, 0.25) is 0 Å². The number of pyridine rings is 2. The number of benzene rings is 1. The van der Waals surface area contributed by atoms with E-state index in [0.717, 1.165) is 12.1 Å². The van der Waals surface area contributed by atoms with Crippen molar-refractivity contribution in [1.29, 1.82) is 0 Å². The van der Waals surface area contributed by atoms with Crippen LogP contribution < -0.4 is 10.9 Å². The highest BCUT2D eigenvalue weighted by molar-refractivity contribution is 9.10. The van der Waals surface area contributed by atoms with Crippen LogP contribution >= 0.6 is 15.9 Å². The SMILES string of the molecule is Cn1cc(CC(F)F)c2[nH]c(-c3ccnc(NC(=O)C(CC(F)F)c4ccc(F)cc4)c3)c(Br)c2c1=O. The fourth-order valence-electron chi connectivity index (χ4n) is 4.11. The summed E-state index contributed by atoms with van der Waals surface area (Å²) in [7, 11) is 1.47. The number of rotatable bonds is 8. The molecule has 0 aliphatic carbocycles. The summed E-state index contributed by atoms with van der Waals surface area (Å²) in [4.78, 5) is 32.7. The van der Waals surface area contributed by atoms with Gasteiger partial charge in [0, 0.05) is 37.8 Å². The molecule has 0 saturated carbocycles. The zero-order valence-electron chi connectivity index (χ0n) is 19.2. The number of alkyl halides is 4. The monoisotopic (exact) mass is 582 g/mol. The zero-order chi connectivity index (χ0) is 26.9. The van der Waals surface area contributed by atoms with Crippen molar-refractivity contribution in [3.8, 4) is 11.3 Å². The molecular formula is C25H20BrF5N4O2. The second kappa shape index (κ2) is 10.8. The van der Waals surface area contributed by atoms with Crippen molar-refractivity contribution in [3.63, 3.8) is 0 Å². The number of aromatic nitrogens is 3. The van der Waals surface area contributed by atoms with Gasteiger partial charge < -0.3 is 14.9 Å². The molecule has 4 rings (SSSR count). The number of fused-ring (bicyclic) bond motifs is 1. The summed E-state index contributed by atoms with van der Waals surface area (Å²) in [6.07, 6.45) is -4.05. The second-order valence-corrected chi connectivity index (χ2v) is 9.17. The number of hydrogen-bond acceptors (Lipinski definition) is 3. The van der Waals surface area contributed by atoms with Gasteiger partial charge in [0.25, 0.3) is 5.56 Å². The van der Waals surface area contributed by atoms with Gasteiger partial charge in [-0.1, -0.05) is 12.1 Å². The van der Waals surface area contributed by atoms with E-state index >= 15 is 0 Å². The number of aryl methyl sites for hydroxylation is 1. The topological polar surface area (TPSA) is 79.8 Å². The lowest BCUT2D eigenvalue weighted by atomic mass is 9.95. The van der Waals surface area contributed by atoms with E-state index in [0.29, 0.717) is 15.7 Å². The fourth-order valence-corrected chi connectivity index (χ4v) is 4.80. The quantitative estimate of drug-likeness (QED) is 0.249. The molecule has 0 spiro atoms. The molecular weight excluding hydrogens is 563 g/mol. The van der Waals surface area contributed by atoms with Gasteiger partial charge in [-0.25, -0.2) is 26.9 Å². The van der Waals surface area contributed by atoms with Gasteiger partial charge in [0.2, 0.25) is 18.8 Å². The summed E-state index contributed by atoms with van der Waals surface area (Å²) in [5, 5.41) is 2.70. The first-order valence-corrected chi connectivity index (χ1v) is 11.8. The van der Waals surface area contributed by atoms with Crippen LogP contribution in [-0.4, -0.2) is 33.3 Å². The summed E-state index contributed by atoms with van der Waals surface area (Å²) >= 11 is 3.38. The van der Waals surface area contributed by atoms with E-state index in [2.05, 4.69) is 31.2 Å². The Morgan fingerprint density at radius 3 is 2.49 bits per heavy atom. The minimum atomic E-state index is -2.78. The molecule has 4 aromatic rings. The van der Waals surface area contributed by atoms with E-state index in [1.807, 2.05) is 0 Å². The number of nitrogens with zero attached hydrogens (tertiary/aromatic N) is 2. The van der Waals surface area contributed by atoms with E-state index in [4.69, 9.17) is 0 Å². The zero-order valence-corrected chi connectivity index (χ0v) is 20.8. The average Bonchev–Trinajstić information content (AvgIpc) is 3.19. The van der Waals surface area contributed by atoms with Gasteiger partial charge in [-0.15, -0.1) is 0 Å². The molecule has 0 aliphatic heterocycles. The Balaban J connectivity index is 1.70. The highest BCUT2D eigenvalue weighted by atomic mass is 79.9. The van der Waals surface area contributed by atoms with Crippen molar-refractivity contribution in [1.82, 2.24) is 14.5 Å². The predicted molar refractivity (Wildman–Crippen MR) is 133 cm³/mol. The van der Waals surface area contributed by atoms with E-state index in [9.17, 15) is 31.5 Å². The number of aromatic amines is 1. The van der Waals surface area contributed by atoms with Crippen LogP contribution in [-0.2, 0) is 18.3 Å². The van der Waals surface area contributed by atoms with Crippen LogP contribution in [0.15, 0.2) is 58.1 Å². The van der Waals surface area contributed by atoms with Crippen molar-refractivity contribution < 1.29 is 26.7 Å². The van der Waals surface area contributed by atoms with E-state index < -0.39 is 48.9 Å². The maximum absolute atomic E-state index is 13.3. The first kappa shape index (κ1) is 26.5.